The summed E-state index contributed by atoms with van der Waals surface area (Å²) in [5.41, 5.74) is 2.46. The molecule has 0 spiro atoms. The van der Waals surface area contributed by atoms with Crippen LogP contribution >= 0.6 is 0 Å². The van der Waals surface area contributed by atoms with Crippen molar-refractivity contribution in [3.8, 4) is 0 Å². The third kappa shape index (κ3) is 8.18. The molecule has 0 saturated heterocycles. The van der Waals surface area contributed by atoms with Crippen molar-refractivity contribution < 1.29 is 0 Å². The smallest absolute Gasteiger partial charge is 0.0544 e. The number of rotatable bonds is 11. The molecule has 1 rings (SSSR count). The minimum atomic E-state index is 0.517. The van der Waals surface area contributed by atoms with E-state index in [0.717, 1.165) is 13.1 Å². The summed E-state index contributed by atoms with van der Waals surface area (Å²) in [4.78, 5) is 7.17. The highest BCUT2D eigenvalue weighted by Crippen LogP contribution is 2.07. The summed E-state index contributed by atoms with van der Waals surface area (Å²) in [5.74, 6) is 0. The van der Waals surface area contributed by atoms with Crippen molar-refractivity contribution in [1.82, 2.24) is 15.2 Å². The summed E-state index contributed by atoms with van der Waals surface area (Å²) >= 11 is 0. The van der Waals surface area contributed by atoms with Gasteiger partial charge in [-0.25, -0.2) is 0 Å². The molecule has 0 atom stereocenters. The van der Waals surface area contributed by atoms with Gasteiger partial charge in [-0.15, -0.1) is 0 Å². The van der Waals surface area contributed by atoms with Crippen LogP contribution in [0.5, 0.6) is 0 Å². The molecule has 1 aromatic heterocycles. The summed E-state index contributed by atoms with van der Waals surface area (Å²) in [6, 6.07) is 4.90. The molecule has 0 aromatic carbocycles. The largest absolute Gasteiger partial charge is 0.310 e. The van der Waals surface area contributed by atoms with E-state index in [2.05, 4.69) is 55.0 Å². The van der Waals surface area contributed by atoms with Crippen molar-refractivity contribution in [1.29, 1.82) is 0 Å². The summed E-state index contributed by atoms with van der Waals surface area (Å²) in [5, 5.41) is 3.43. The van der Waals surface area contributed by atoms with E-state index >= 15 is 0 Å². The van der Waals surface area contributed by atoms with E-state index in [9.17, 15) is 0 Å². The van der Waals surface area contributed by atoms with Gasteiger partial charge in [0.15, 0.2) is 0 Å². The van der Waals surface area contributed by atoms with Crippen LogP contribution in [0.3, 0.4) is 0 Å². The lowest BCUT2D eigenvalue weighted by atomic mass is 10.2. The van der Waals surface area contributed by atoms with E-state index in [1.54, 1.807) is 0 Å². The van der Waals surface area contributed by atoms with Crippen molar-refractivity contribution in [2.24, 2.45) is 0 Å². The highest BCUT2D eigenvalue weighted by atomic mass is 15.1. The summed E-state index contributed by atoms with van der Waals surface area (Å²) < 4.78 is 0. The molecule has 21 heavy (non-hydrogen) atoms. The third-order valence-corrected chi connectivity index (χ3v) is 3.64. The monoisotopic (exact) mass is 291 g/mol. The second kappa shape index (κ2) is 10.7. The number of hydrogen-bond donors (Lipinski definition) is 1. The maximum Gasteiger partial charge on any atom is 0.0544 e. The molecule has 0 amide bonds. The van der Waals surface area contributed by atoms with Crippen LogP contribution in [-0.2, 0) is 13.1 Å². The summed E-state index contributed by atoms with van der Waals surface area (Å²) in [6.45, 7) is 13.1. The van der Waals surface area contributed by atoms with Gasteiger partial charge in [-0.2, -0.15) is 0 Å². The first kappa shape index (κ1) is 18.1. The minimum Gasteiger partial charge on any atom is -0.310 e. The molecule has 120 valence electrons. The SMILES string of the molecule is CCCCN(CCCC)Cc1ccc(CNC(C)C)cn1. The number of nitrogens with zero attached hydrogens (tertiary/aromatic N) is 2. The molecule has 1 aromatic rings. The highest BCUT2D eigenvalue weighted by molar-refractivity contribution is 5.14. The maximum atomic E-state index is 4.63. The Hall–Kier alpha value is -0.930. The van der Waals surface area contributed by atoms with Gasteiger partial charge in [-0.1, -0.05) is 46.6 Å². The molecule has 0 saturated carbocycles. The first-order valence-electron chi connectivity index (χ1n) is 8.55. The molecular weight excluding hydrogens is 258 g/mol. The zero-order valence-corrected chi connectivity index (χ0v) is 14.4. The van der Waals surface area contributed by atoms with E-state index in [4.69, 9.17) is 0 Å². The Bertz CT molecular complexity index is 351. The molecule has 0 bridgehead atoms. The Balaban J connectivity index is 2.49. The zero-order chi connectivity index (χ0) is 15.5. The Kier molecular flexibility index (Phi) is 9.27. The van der Waals surface area contributed by atoms with Crippen LogP contribution in [0.1, 0.15) is 64.6 Å². The normalized spacial score (nSPS) is 11.5. The molecule has 3 nitrogen and oxygen atoms in total. The molecule has 0 aliphatic carbocycles. The van der Waals surface area contributed by atoms with E-state index in [1.165, 1.54) is 50.0 Å². The zero-order valence-electron chi connectivity index (χ0n) is 14.4. The second-order valence-electron chi connectivity index (χ2n) is 6.18. The van der Waals surface area contributed by atoms with E-state index < -0.39 is 0 Å². The van der Waals surface area contributed by atoms with Crippen LogP contribution < -0.4 is 5.32 Å². The van der Waals surface area contributed by atoms with Gasteiger partial charge in [-0.3, -0.25) is 9.88 Å². The third-order valence-electron chi connectivity index (χ3n) is 3.64. The van der Waals surface area contributed by atoms with Crippen molar-refractivity contribution in [3.63, 3.8) is 0 Å². The van der Waals surface area contributed by atoms with Gasteiger partial charge in [0, 0.05) is 25.3 Å². The highest BCUT2D eigenvalue weighted by Gasteiger charge is 2.06. The fourth-order valence-corrected chi connectivity index (χ4v) is 2.24. The molecule has 3 heteroatoms. The van der Waals surface area contributed by atoms with E-state index in [1.807, 2.05) is 6.20 Å². The Morgan fingerprint density at radius 3 is 2.24 bits per heavy atom. The summed E-state index contributed by atoms with van der Waals surface area (Å²) in [7, 11) is 0. The maximum absolute atomic E-state index is 4.63. The second-order valence-corrected chi connectivity index (χ2v) is 6.18. The molecule has 1 N–H and O–H groups in total. The molecule has 0 radical (unpaired) electrons. The average molecular weight is 291 g/mol. The molecule has 0 fully saturated rings. The first-order chi connectivity index (χ1) is 10.2. The lowest BCUT2D eigenvalue weighted by Crippen LogP contribution is -2.26. The van der Waals surface area contributed by atoms with Crippen molar-refractivity contribution in [3.05, 3.63) is 29.6 Å². The molecular formula is C18H33N3. The van der Waals surface area contributed by atoms with E-state index in [0.29, 0.717) is 6.04 Å². The van der Waals surface area contributed by atoms with Crippen LogP contribution in [0.2, 0.25) is 0 Å². The van der Waals surface area contributed by atoms with Crippen LogP contribution in [0.15, 0.2) is 18.3 Å². The molecule has 1 heterocycles. The van der Waals surface area contributed by atoms with Gasteiger partial charge < -0.3 is 5.32 Å². The fraction of sp³-hybridized carbons (Fsp3) is 0.722. The van der Waals surface area contributed by atoms with Gasteiger partial charge in [0.2, 0.25) is 0 Å². The van der Waals surface area contributed by atoms with Crippen molar-refractivity contribution in [2.45, 2.75) is 72.5 Å². The Morgan fingerprint density at radius 1 is 1.10 bits per heavy atom. The standard InChI is InChI=1S/C18H33N3/c1-5-7-11-21(12-8-6-2)15-18-10-9-17(14-20-18)13-19-16(3)4/h9-10,14,16,19H,5-8,11-13,15H2,1-4H3. The summed E-state index contributed by atoms with van der Waals surface area (Å²) in [6.07, 6.45) is 7.09. The topological polar surface area (TPSA) is 28.2 Å². The number of pyridine rings is 1. The van der Waals surface area contributed by atoms with Crippen LogP contribution in [0.25, 0.3) is 0 Å². The Morgan fingerprint density at radius 2 is 1.76 bits per heavy atom. The lowest BCUT2D eigenvalue weighted by molar-refractivity contribution is 0.254. The van der Waals surface area contributed by atoms with Crippen molar-refractivity contribution >= 4 is 0 Å². The number of hydrogen-bond acceptors (Lipinski definition) is 3. The average Bonchev–Trinajstić information content (AvgIpc) is 2.49. The lowest BCUT2D eigenvalue weighted by Gasteiger charge is -2.21. The number of aromatic nitrogens is 1. The Labute approximate surface area is 131 Å². The van der Waals surface area contributed by atoms with E-state index in [-0.39, 0.29) is 0 Å². The predicted molar refractivity (Wildman–Crippen MR) is 91.3 cm³/mol. The van der Waals surface area contributed by atoms with Crippen LogP contribution in [0.4, 0.5) is 0 Å². The van der Waals surface area contributed by atoms with Crippen LogP contribution in [0, 0.1) is 0 Å². The van der Waals surface area contributed by atoms with Crippen molar-refractivity contribution in [2.75, 3.05) is 13.1 Å². The quantitative estimate of drug-likeness (QED) is 0.668. The van der Waals surface area contributed by atoms with Gasteiger partial charge in [0.1, 0.15) is 0 Å². The fourth-order valence-electron chi connectivity index (χ4n) is 2.24. The molecule has 0 aliphatic heterocycles. The molecule has 0 unspecified atom stereocenters. The van der Waals surface area contributed by atoms with Gasteiger partial charge in [-0.05, 0) is 37.6 Å². The number of nitrogens with one attached hydrogen (secondary N) is 1. The van der Waals surface area contributed by atoms with Gasteiger partial charge in [0.25, 0.3) is 0 Å². The van der Waals surface area contributed by atoms with Gasteiger partial charge >= 0.3 is 0 Å². The first-order valence-corrected chi connectivity index (χ1v) is 8.55. The van der Waals surface area contributed by atoms with Crippen LogP contribution in [-0.4, -0.2) is 29.0 Å². The number of unbranched alkanes of at least 4 members (excludes halogenated alkanes) is 2. The van der Waals surface area contributed by atoms with Gasteiger partial charge in [0.05, 0.1) is 5.69 Å². The minimum absolute atomic E-state index is 0.517. The predicted octanol–water partition coefficient (Wildman–Crippen LogP) is 3.98. The molecule has 0 aliphatic rings.